The topological polar surface area (TPSA) is 78.1 Å². The second-order valence-electron chi connectivity index (χ2n) is 6.93. The molecule has 9 heteroatoms. The largest absolute Gasteiger partial charge is 0.497 e. The van der Waals surface area contributed by atoms with Crippen molar-refractivity contribution < 1.29 is 13.9 Å². The third kappa shape index (κ3) is 4.09. The van der Waals surface area contributed by atoms with Crippen LogP contribution >= 0.6 is 15.9 Å². The van der Waals surface area contributed by atoms with Crippen LogP contribution in [0.2, 0.25) is 0 Å². The van der Waals surface area contributed by atoms with E-state index in [0.717, 1.165) is 11.1 Å². The number of hydrogen-bond donors (Lipinski definition) is 1. The molecular formula is C22H18BrFN4O3. The summed E-state index contributed by atoms with van der Waals surface area (Å²) in [4.78, 5) is 29.9. The minimum atomic E-state index is -0.575. The minimum absolute atomic E-state index is 0.0365. The second-order valence-corrected chi connectivity index (χ2v) is 7.85. The van der Waals surface area contributed by atoms with Gasteiger partial charge in [0.05, 0.1) is 19.1 Å². The predicted octanol–water partition coefficient (Wildman–Crippen LogP) is 3.95. The van der Waals surface area contributed by atoms with E-state index in [-0.39, 0.29) is 17.8 Å². The van der Waals surface area contributed by atoms with E-state index in [4.69, 9.17) is 4.74 Å². The first-order chi connectivity index (χ1) is 14.9. The molecule has 4 rings (SSSR count). The summed E-state index contributed by atoms with van der Waals surface area (Å²) in [5, 5.41) is 2.48. The molecule has 2 aromatic heterocycles. The molecular weight excluding hydrogens is 467 g/mol. The number of amides is 1. The third-order valence-corrected chi connectivity index (χ3v) is 5.34. The van der Waals surface area contributed by atoms with E-state index in [9.17, 15) is 14.0 Å². The molecule has 4 aromatic rings. The van der Waals surface area contributed by atoms with Crippen LogP contribution < -0.4 is 15.6 Å². The standard InChI is InChI=1S/C22H18BrFN4O3/c1-27-10-16(13-4-3-5-15(8-13)31-2)20-21(27)22(30)28(12-25-20)11-19(29)26-18-7-6-14(23)9-17(18)24/h3-10,12H,11H2,1-2H3,(H,26,29). The van der Waals surface area contributed by atoms with Gasteiger partial charge >= 0.3 is 0 Å². The van der Waals surface area contributed by atoms with Crippen LogP contribution in [0.4, 0.5) is 10.1 Å². The molecule has 0 unspecified atom stereocenters. The Morgan fingerprint density at radius 3 is 2.81 bits per heavy atom. The number of nitrogens with zero attached hydrogens (tertiary/aromatic N) is 3. The van der Waals surface area contributed by atoms with Crippen molar-refractivity contribution in [2.45, 2.75) is 6.54 Å². The van der Waals surface area contributed by atoms with Gasteiger partial charge in [-0.05, 0) is 35.9 Å². The molecule has 0 aliphatic carbocycles. The summed E-state index contributed by atoms with van der Waals surface area (Å²) < 4.78 is 22.7. The Kier molecular flexibility index (Phi) is 5.60. The lowest BCUT2D eigenvalue weighted by molar-refractivity contribution is -0.116. The summed E-state index contributed by atoms with van der Waals surface area (Å²) in [5.41, 5.74) is 2.20. The Balaban J connectivity index is 1.66. The zero-order chi connectivity index (χ0) is 22.1. The van der Waals surface area contributed by atoms with E-state index >= 15 is 0 Å². The number of hydrogen-bond acceptors (Lipinski definition) is 4. The number of halogens is 2. The van der Waals surface area contributed by atoms with Crippen molar-refractivity contribution in [3.05, 3.63) is 75.6 Å². The van der Waals surface area contributed by atoms with E-state index in [2.05, 4.69) is 26.2 Å². The number of aryl methyl sites for hydroxylation is 1. The number of ether oxygens (including phenoxy) is 1. The fraction of sp³-hybridized carbons (Fsp3) is 0.136. The number of rotatable bonds is 5. The van der Waals surface area contributed by atoms with Gasteiger partial charge in [0, 0.05) is 23.3 Å². The van der Waals surface area contributed by atoms with Gasteiger partial charge in [-0.25, -0.2) is 9.37 Å². The summed E-state index contributed by atoms with van der Waals surface area (Å²) in [6.07, 6.45) is 3.14. The highest BCUT2D eigenvalue weighted by molar-refractivity contribution is 9.10. The summed E-state index contributed by atoms with van der Waals surface area (Å²) in [6, 6.07) is 11.8. The van der Waals surface area contributed by atoms with E-state index < -0.39 is 11.7 Å². The zero-order valence-electron chi connectivity index (χ0n) is 16.7. The molecule has 0 bridgehead atoms. The number of nitrogens with one attached hydrogen (secondary N) is 1. The molecule has 0 radical (unpaired) electrons. The van der Waals surface area contributed by atoms with Crippen molar-refractivity contribution in [1.82, 2.24) is 14.1 Å². The van der Waals surface area contributed by atoms with Gasteiger partial charge in [-0.15, -0.1) is 0 Å². The van der Waals surface area contributed by atoms with Gasteiger partial charge in [0.1, 0.15) is 29.1 Å². The van der Waals surface area contributed by atoms with Gasteiger partial charge in [0.25, 0.3) is 5.56 Å². The molecule has 2 heterocycles. The molecule has 31 heavy (non-hydrogen) atoms. The number of carbonyl (C=O) groups excluding carboxylic acids is 1. The van der Waals surface area contributed by atoms with Crippen molar-refractivity contribution in [2.24, 2.45) is 7.05 Å². The SMILES string of the molecule is COc1cccc(-c2cn(C)c3c(=O)n(CC(=O)Nc4ccc(Br)cc4F)cnc23)c1. The van der Waals surface area contributed by atoms with Crippen LogP contribution in [-0.2, 0) is 18.4 Å². The Bertz CT molecular complexity index is 1360. The first-order valence-electron chi connectivity index (χ1n) is 9.31. The van der Waals surface area contributed by atoms with Crippen molar-refractivity contribution in [2.75, 3.05) is 12.4 Å². The van der Waals surface area contributed by atoms with Crippen LogP contribution in [0.3, 0.4) is 0 Å². The Hall–Kier alpha value is -3.46. The van der Waals surface area contributed by atoms with Gasteiger partial charge in [-0.1, -0.05) is 28.1 Å². The smallest absolute Gasteiger partial charge is 0.278 e. The van der Waals surface area contributed by atoms with Gasteiger partial charge < -0.3 is 14.6 Å². The highest BCUT2D eigenvalue weighted by Gasteiger charge is 2.17. The fourth-order valence-electron chi connectivity index (χ4n) is 3.36. The molecule has 1 amide bonds. The second kappa shape index (κ2) is 8.35. The maximum Gasteiger partial charge on any atom is 0.278 e. The van der Waals surface area contributed by atoms with Gasteiger partial charge in [0.15, 0.2) is 0 Å². The molecule has 0 fully saturated rings. The summed E-state index contributed by atoms with van der Waals surface area (Å²) in [5.74, 6) is -0.416. The molecule has 0 saturated carbocycles. The number of fused-ring (bicyclic) bond motifs is 1. The highest BCUT2D eigenvalue weighted by Crippen LogP contribution is 2.29. The van der Waals surface area contributed by atoms with Crippen molar-refractivity contribution in [1.29, 1.82) is 0 Å². The van der Waals surface area contributed by atoms with Crippen LogP contribution in [0.15, 0.2) is 64.3 Å². The lowest BCUT2D eigenvalue weighted by Crippen LogP contribution is -2.28. The van der Waals surface area contributed by atoms with Crippen LogP contribution in [-0.4, -0.2) is 27.1 Å². The minimum Gasteiger partial charge on any atom is -0.497 e. The van der Waals surface area contributed by atoms with Gasteiger partial charge in [-0.3, -0.25) is 14.2 Å². The van der Waals surface area contributed by atoms with Crippen molar-refractivity contribution in [3.63, 3.8) is 0 Å². The van der Waals surface area contributed by atoms with Crippen molar-refractivity contribution in [3.8, 4) is 16.9 Å². The normalized spacial score (nSPS) is 11.0. The van der Waals surface area contributed by atoms with Crippen molar-refractivity contribution >= 4 is 38.6 Å². The zero-order valence-corrected chi connectivity index (χ0v) is 18.3. The molecule has 0 atom stereocenters. The first-order valence-corrected chi connectivity index (χ1v) is 10.1. The van der Waals surface area contributed by atoms with Crippen LogP contribution in [0.25, 0.3) is 22.2 Å². The average molecular weight is 485 g/mol. The molecule has 0 saturated heterocycles. The molecule has 0 spiro atoms. The maximum atomic E-state index is 14.0. The van der Waals surface area contributed by atoms with E-state index in [1.165, 1.54) is 23.0 Å². The van der Waals surface area contributed by atoms with Gasteiger partial charge in [-0.2, -0.15) is 0 Å². The Labute approximate surface area is 185 Å². The molecule has 158 valence electrons. The summed E-state index contributed by atoms with van der Waals surface area (Å²) >= 11 is 3.17. The van der Waals surface area contributed by atoms with E-state index in [1.54, 1.807) is 24.8 Å². The lowest BCUT2D eigenvalue weighted by Gasteiger charge is -2.09. The predicted molar refractivity (Wildman–Crippen MR) is 120 cm³/mol. The number of aromatic nitrogens is 3. The highest BCUT2D eigenvalue weighted by atomic mass is 79.9. The van der Waals surface area contributed by atoms with E-state index in [1.807, 2.05) is 30.5 Å². The summed E-state index contributed by atoms with van der Waals surface area (Å²) in [6.45, 7) is -0.295. The van der Waals surface area contributed by atoms with Gasteiger partial charge in [0.2, 0.25) is 5.91 Å². The van der Waals surface area contributed by atoms with E-state index in [0.29, 0.717) is 21.3 Å². The fourth-order valence-corrected chi connectivity index (χ4v) is 3.70. The quantitative estimate of drug-likeness (QED) is 0.465. The molecule has 1 N–H and O–H groups in total. The van der Waals surface area contributed by atoms with Crippen LogP contribution in [0.1, 0.15) is 0 Å². The number of methoxy groups -OCH3 is 1. The Morgan fingerprint density at radius 1 is 1.26 bits per heavy atom. The number of anilines is 1. The molecule has 0 aliphatic heterocycles. The molecule has 2 aromatic carbocycles. The molecule has 7 nitrogen and oxygen atoms in total. The Morgan fingerprint density at radius 2 is 2.06 bits per heavy atom. The number of benzene rings is 2. The first kappa shape index (κ1) is 20.8. The average Bonchev–Trinajstić information content (AvgIpc) is 3.09. The van der Waals surface area contributed by atoms with Crippen LogP contribution in [0.5, 0.6) is 5.75 Å². The summed E-state index contributed by atoms with van der Waals surface area (Å²) in [7, 11) is 3.33. The monoisotopic (exact) mass is 484 g/mol. The third-order valence-electron chi connectivity index (χ3n) is 4.84. The van der Waals surface area contributed by atoms with Crippen LogP contribution in [0, 0.1) is 5.82 Å². The maximum absolute atomic E-state index is 14.0. The molecule has 0 aliphatic rings. The number of carbonyl (C=O) groups is 1. The lowest BCUT2D eigenvalue weighted by atomic mass is 10.1.